The highest BCUT2D eigenvalue weighted by atomic mass is 16.1. The van der Waals surface area contributed by atoms with Gasteiger partial charge in [-0.1, -0.05) is 60.7 Å². The zero-order valence-corrected chi connectivity index (χ0v) is 11.9. The summed E-state index contributed by atoms with van der Waals surface area (Å²) < 4.78 is 0. The number of hydrogen-bond donors (Lipinski definition) is 0. The van der Waals surface area contributed by atoms with E-state index in [0.717, 1.165) is 5.56 Å². The lowest BCUT2D eigenvalue weighted by Gasteiger charge is -2.06. The van der Waals surface area contributed by atoms with Gasteiger partial charge in [0.25, 0.3) is 0 Å². The second-order valence-corrected chi connectivity index (χ2v) is 4.73. The van der Waals surface area contributed by atoms with Crippen LogP contribution in [0.4, 0.5) is 5.69 Å². The lowest BCUT2D eigenvalue weighted by molar-refractivity contribution is 0.106. The van der Waals surface area contributed by atoms with Gasteiger partial charge in [0, 0.05) is 17.3 Å². The third-order valence-corrected chi connectivity index (χ3v) is 3.19. The maximum atomic E-state index is 12.8. The summed E-state index contributed by atoms with van der Waals surface area (Å²) in [5.41, 5.74) is 2.49. The van der Waals surface area contributed by atoms with E-state index in [9.17, 15) is 4.79 Å². The van der Waals surface area contributed by atoms with Crippen LogP contribution in [0.15, 0.2) is 90.2 Å². The zero-order valence-electron chi connectivity index (χ0n) is 11.9. The van der Waals surface area contributed by atoms with E-state index in [1.807, 2.05) is 54.6 Å². The molecule has 0 saturated heterocycles. The molecule has 3 aromatic rings. The monoisotopic (exact) mass is 286 g/mol. The quantitative estimate of drug-likeness (QED) is 0.535. The molecule has 3 nitrogen and oxygen atoms in total. The molecule has 0 fully saturated rings. The Labute approximate surface area is 129 Å². The van der Waals surface area contributed by atoms with Gasteiger partial charge in [-0.15, -0.1) is 0 Å². The lowest BCUT2D eigenvalue weighted by Crippen LogP contribution is -2.15. The number of Topliss-reactive ketones (excluding diaryl/α,β-unsaturated/α-hetero) is 1. The van der Waals surface area contributed by atoms with Crippen molar-refractivity contribution in [3.05, 3.63) is 96.3 Å². The minimum absolute atomic E-state index is 0.101. The first-order chi connectivity index (χ1) is 10.8. The second kappa shape index (κ2) is 6.59. The predicted molar refractivity (Wildman–Crippen MR) is 87.6 cm³/mol. The highest BCUT2D eigenvalue weighted by Gasteiger charge is 2.16. The Morgan fingerprint density at radius 2 is 1.41 bits per heavy atom. The van der Waals surface area contributed by atoms with E-state index in [1.165, 1.54) is 0 Å². The van der Waals surface area contributed by atoms with Crippen LogP contribution in [0.1, 0.15) is 15.9 Å². The Balaban J connectivity index is 2.08. The van der Waals surface area contributed by atoms with E-state index in [0.29, 0.717) is 17.0 Å². The number of aliphatic imine (C=N–C) groups is 1. The molecule has 22 heavy (non-hydrogen) atoms. The average molecular weight is 286 g/mol. The zero-order chi connectivity index (χ0) is 15.2. The molecule has 0 aliphatic heterocycles. The van der Waals surface area contributed by atoms with Gasteiger partial charge in [-0.2, -0.15) is 0 Å². The minimum Gasteiger partial charge on any atom is -0.287 e. The first-order valence-electron chi connectivity index (χ1n) is 6.98. The molecule has 0 N–H and O–H groups in total. The molecule has 0 unspecified atom stereocenters. The van der Waals surface area contributed by atoms with Crippen LogP contribution in [0.3, 0.4) is 0 Å². The normalized spacial score (nSPS) is 11.2. The summed E-state index contributed by atoms with van der Waals surface area (Å²) in [5, 5.41) is 0. The SMILES string of the molecule is O=C(C(=Nc1cccnc1)c1ccccc1)c1ccccc1. The molecule has 106 valence electrons. The molecule has 0 bridgehead atoms. The van der Waals surface area contributed by atoms with Crippen LogP contribution in [0, 0.1) is 0 Å². The molecule has 0 spiro atoms. The van der Waals surface area contributed by atoms with Crippen LogP contribution in [-0.2, 0) is 0 Å². The predicted octanol–water partition coefficient (Wildman–Crippen LogP) is 4.09. The number of benzene rings is 2. The van der Waals surface area contributed by atoms with Crippen molar-refractivity contribution in [3.63, 3.8) is 0 Å². The Hall–Kier alpha value is -3.07. The van der Waals surface area contributed by atoms with E-state index in [1.54, 1.807) is 30.6 Å². The fourth-order valence-corrected chi connectivity index (χ4v) is 2.12. The van der Waals surface area contributed by atoms with Crippen molar-refractivity contribution in [1.29, 1.82) is 0 Å². The van der Waals surface area contributed by atoms with Gasteiger partial charge in [-0.05, 0) is 12.1 Å². The van der Waals surface area contributed by atoms with E-state index >= 15 is 0 Å². The summed E-state index contributed by atoms with van der Waals surface area (Å²) in [6, 6.07) is 22.3. The molecule has 0 saturated carbocycles. The van der Waals surface area contributed by atoms with Crippen LogP contribution in [0.25, 0.3) is 0 Å². The van der Waals surface area contributed by atoms with Crippen molar-refractivity contribution in [2.45, 2.75) is 0 Å². The standard InChI is InChI=1S/C19H14N2O/c22-19(16-10-5-2-6-11-16)18(15-8-3-1-4-9-15)21-17-12-7-13-20-14-17/h1-14H. The maximum absolute atomic E-state index is 12.8. The van der Waals surface area contributed by atoms with Crippen molar-refractivity contribution >= 4 is 17.2 Å². The third kappa shape index (κ3) is 3.15. The number of carbonyl (C=O) groups is 1. The summed E-state index contributed by atoms with van der Waals surface area (Å²) in [6.45, 7) is 0. The van der Waals surface area contributed by atoms with Gasteiger partial charge in [-0.3, -0.25) is 9.78 Å². The van der Waals surface area contributed by atoms with Gasteiger partial charge in [0.2, 0.25) is 5.78 Å². The molecule has 3 heteroatoms. The van der Waals surface area contributed by atoms with Gasteiger partial charge < -0.3 is 0 Å². The van der Waals surface area contributed by atoms with Crippen molar-refractivity contribution in [1.82, 2.24) is 4.98 Å². The number of aromatic nitrogens is 1. The topological polar surface area (TPSA) is 42.3 Å². The molecule has 3 rings (SSSR count). The number of hydrogen-bond acceptors (Lipinski definition) is 3. The summed E-state index contributed by atoms with van der Waals surface area (Å²) in [5.74, 6) is -0.101. The molecule has 0 radical (unpaired) electrons. The average Bonchev–Trinajstić information content (AvgIpc) is 2.61. The Kier molecular flexibility index (Phi) is 4.16. The van der Waals surface area contributed by atoms with Crippen LogP contribution in [0.2, 0.25) is 0 Å². The molecular formula is C19H14N2O. The Bertz CT molecular complexity index is 781. The van der Waals surface area contributed by atoms with Crippen LogP contribution in [0.5, 0.6) is 0 Å². The third-order valence-electron chi connectivity index (χ3n) is 3.19. The summed E-state index contributed by atoms with van der Waals surface area (Å²) in [7, 11) is 0. The largest absolute Gasteiger partial charge is 0.287 e. The number of ketones is 1. The van der Waals surface area contributed by atoms with E-state index in [2.05, 4.69) is 9.98 Å². The van der Waals surface area contributed by atoms with Crippen molar-refractivity contribution in [3.8, 4) is 0 Å². The van der Waals surface area contributed by atoms with Crippen molar-refractivity contribution < 1.29 is 4.79 Å². The fraction of sp³-hybridized carbons (Fsp3) is 0. The number of carbonyl (C=O) groups excluding carboxylic acids is 1. The van der Waals surface area contributed by atoms with Crippen LogP contribution in [-0.4, -0.2) is 16.5 Å². The van der Waals surface area contributed by atoms with Gasteiger partial charge >= 0.3 is 0 Å². The maximum Gasteiger partial charge on any atom is 0.211 e. The highest BCUT2D eigenvalue weighted by Crippen LogP contribution is 2.15. The molecular weight excluding hydrogens is 272 g/mol. The first-order valence-corrected chi connectivity index (χ1v) is 6.98. The van der Waals surface area contributed by atoms with Crippen LogP contribution < -0.4 is 0 Å². The Morgan fingerprint density at radius 1 is 0.773 bits per heavy atom. The van der Waals surface area contributed by atoms with Crippen molar-refractivity contribution in [2.75, 3.05) is 0 Å². The summed E-state index contributed by atoms with van der Waals surface area (Å²) in [4.78, 5) is 21.4. The van der Waals surface area contributed by atoms with Gasteiger partial charge in [-0.25, -0.2) is 4.99 Å². The van der Waals surface area contributed by atoms with Crippen LogP contribution >= 0.6 is 0 Å². The summed E-state index contributed by atoms with van der Waals surface area (Å²) in [6.07, 6.45) is 3.32. The smallest absolute Gasteiger partial charge is 0.211 e. The highest BCUT2D eigenvalue weighted by molar-refractivity contribution is 6.51. The van der Waals surface area contributed by atoms with E-state index in [-0.39, 0.29) is 5.78 Å². The molecule has 1 heterocycles. The van der Waals surface area contributed by atoms with E-state index in [4.69, 9.17) is 0 Å². The van der Waals surface area contributed by atoms with E-state index < -0.39 is 0 Å². The van der Waals surface area contributed by atoms with Gasteiger partial charge in [0.05, 0.1) is 11.9 Å². The molecule has 1 aromatic heterocycles. The first kappa shape index (κ1) is 13.9. The Morgan fingerprint density at radius 3 is 2.00 bits per heavy atom. The molecule has 2 aromatic carbocycles. The van der Waals surface area contributed by atoms with Crippen molar-refractivity contribution in [2.24, 2.45) is 4.99 Å². The van der Waals surface area contributed by atoms with Gasteiger partial charge in [0.1, 0.15) is 5.71 Å². The van der Waals surface area contributed by atoms with Gasteiger partial charge in [0.15, 0.2) is 0 Å². The molecule has 0 atom stereocenters. The second-order valence-electron chi connectivity index (χ2n) is 4.73. The molecule has 0 aliphatic rings. The number of nitrogens with zero attached hydrogens (tertiary/aromatic N) is 2. The summed E-state index contributed by atoms with van der Waals surface area (Å²) >= 11 is 0. The fourth-order valence-electron chi connectivity index (χ4n) is 2.12. The lowest BCUT2D eigenvalue weighted by atomic mass is 10.0. The number of rotatable bonds is 4. The number of pyridine rings is 1. The minimum atomic E-state index is -0.101. The molecule has 0 amide bonds. The molecule has 0 aliphatic carbocycles.